The summed E-state index contributed by atoms with van der Waals surface area (Å²) in [5.41, 5.74) is 5.27. The van der Waals surface area contributed by atoms with Crippen molar-refractivity contribution in [3.8, 4) is 11.1 Å². The van der Waals surface area contributed by atoms with Gasteiger partial charge in [-0.1, -0.05) is 72.8 Å². The van der Waals surface area contributed by atoms with Crippen LogP contribution in [0.1, 0.15) is 24.1 Å². The Kier molecular flexibility index (Phi) is 4.45. The molecular weight excluding hydrogens is 282 g/mol. The minimum atomic E-state index is -0.124. The SMILES string of the molecule is Cc1ccccc1-c1ccccc1N(O)C(C)c1ccccc1. The minimum absolute atomic E-state index is 0.124. The first-order valence-corrected chi connectivity index (χ1v) is 7.86. The van der Waals surface area contributed by atoms with Crippen molar-refractivity contribution in [2.45, 2.75) is 19.9 Å². The molecule has 1 N–H and O–H groups in total. The molecule has 0 radical (unpaired) electrons. The molecule has 3 aromatic rings. The first-order chi connectivity index (χ1) is 11.2. The van der Waals surface area contributed by atoms with Crippen LogP contribution in [-0.2, 0) is 0 Å². The highest BCUT2D eigenvalue weighted by molar-refractivity contribution is 5.80. The lowest BCUT2D eigenvalue weighted by molar-refractivity contribution is 0.223. The van der Waals surface area contributed by atoms with Crippen molar-refractivity contribution in [1.82, 2.24) is 0 Å². The van der Waals surface area contributed by atoms with E-state index >= 15 is 0 Å². The molecule has 0 fully saturated rings. The summed E-state index contributed by atoms with van der Waals surface area (Å²) < 4.78 is 0. The summed E-state index contributed by atoms with van der Waals surface area (Å²) in [4.78, 5) is 0. The number of hydroxylamine groups is 1. The lowest BCUT2D eigenvalue weighted by atomic mass is 9.98. The summed E-state index contributed by atoms with van der Waals surface area (Å²) in [6, 6.07) is 26.1. The maximum atomic E-state index is 10.8. The molecule has 1 unspecified atom stereocenters. The standard InChI is InChI=1S/C21H21NO/c1-16-10-6-7-13-19(16)20-14-8-9-15-21(20)22(23)17(2)18-11-4-3-5-12-18/h3-15,17,23H,1-2H3. The van der Waals surface area contributed by atoms with Gasteiger partial charge in [0, 0.05) is 5.56 Å². The van der Waals surface area contributed by atoms with Crippen LogP contribution >= 0.6 is 0 Å². The average molecular weight is 303 g/mol. The fourth-order valence-electron chi connectivity index (χ4n) is 2.86. The van der Waals surface area contributed by atoms with E-state index in [1.54, 1.807) is 0 Å². The smallest absolute Gasteiger partial charge is 0.0784 e. The van der Waals surface area contributed by atoms with Crippen LogP contribution < -0.4 is 5.06 Å². The van der Waals surface area contributed by atoms with Crippen molar-refractivity contribution >= 4 is 5.69 Å². The lowest BCUT2D eigenvalue weighted by Crippen LogP contribution is -2.23. The monoisotopic (exact) mass is 303 g/mol. The normalized spacial score (nSPS) is 12.0. The molecule has 0 aliphatic carbocycles. The first kappa shape index (κ1) is 15.3. The summed E-state index contributed by atoms with van der Waals surface area (Å²) in [6.45, 7) is 4.10. The Hall–Kier alpha value is -2.58. The predicted octanol–water partition coefficient (Wildman–Crippen LogP) is 5.62. The number of hydrogen-bond donors (Lipinski definition) is 1. The number of hydrogen-bond acceptors (Lipinski definition) is 2. The van der Waals surface area contributed by atoms with E-state index in [0.29, 0.717) is 0 Å². The van der Waals surface area contributed by atoms with Crippen molar-refractivity contribution in [1.29, 1.82) is 0 Å². The van der Waals surface area contributed by atoms with E-state index in [2.05, 4.69) is 25.1 Å². The van der Waals surface area contributed by atoms with Crippen LogP contribution in [-0.4, -0.2) is 5.21 Å². The van der Waals surface area contributed by atoms with Crippen LogP contribution in [0.25, 0.3) is 11.1 Å². The highest BCUT2D eigenvalue weighted by Gasteiger charge is 2.18. The van der Waals surface area contributed by atoms with Gasteiger partial charge in [0.25, 0.3) is 0 Å². The second-order valence-corrected chi connectivity index (χ2v) is 5.76. The fraction of sp³-hybridized carbons (Fsp3) is 0.143. The number of para-hydroxylation sites is 1. The highest BCUT2D eigenvalue weighted by Crippen LogP contribution is 2.35. The zero-order chi connectivity index (χ0) is 16.2. The molecular formula is C21H21NO. The molecule has 2 heteroatoms. The van der Waals surface area contributed by atoms with E-state index < -0.39 is 0 Å². The zero-order valence-electron chi connectivity index (χ0n) is 13.5. The molecule has 0 spiro atoms. The quantitative estimate of drug-likeness (QED) is 0.632. The molecule has 0 saturated heterocycles. The van der Waals surface area contributed by atoms with Gasteiger partial charge in [-0.3, -0.25) is 5.21 Å². The number of nitrogens with zero attached hydrogens (tertiary/aromatic N) is 1. The Morgan fingerprint density at radius 1 is 0.739 bits per heavy atom. The van der Waals surface area contributed by atoms with Gasteiger partial charge in [0.05, 0.1) is 11.7 Å². The third-order valence-electron chi connectivity index (χ3n) is 4.23. The number of benzene rings is 3. The van der Waals surface area contributed by atoms with Crippen LogP contribution in [0.2, 0.25) is 0 Å². The third kappa shape index (κ3) is 3.13. The molecule has 0 bridgehead atoms. The maximum absolute atomic E-state index is 10.8. The van der Waals surface area contributed by atoms with E-state index in [1.807, 2.05) is 67.6 Å². The summed E-state index contributed by atoms with van der Waals surface area (Å²) in [5.74, 6) is 0. The van der Waals surface area contributed by atoms with Crippen LogP contribution in [0.15, 0.2) is 78.9 Å². The topological polar surface area (TPSA) is 23.5 Å². The van der Waals surface area contributed by atoms with E-state index in [1.165, 1.54) is 10.6 Å². The number of anilines is 1. The number of rotatable bonds is 4. The second-order valence-electron chi connectivity index (χ2n) is 5.76. The Morgan fingerprint density at radius 3 is 2.00 bits per heavy atom. The van der Waals surface area contributed by atoms with Crippen LogP contribution in [0.5, 0.6) is 0 Å². The summed E-state index contributed by atoms with van der Waals surface area (Å²) in [7, 11) is 0. The van der Waals surface area contributed by atoms with Crippen molar-refractivity contribution < 1.29 is 5.21 Å². The van der Waals surface area contributed by atoms with Gasteiger partial charge in [-0.15, -0.1) is 0 Å². The van der Waals surface area contributed by atoms with E-state index in [9.17, 15) is 5.21 Å². The molecule has 1 atom stereocenters. The fourth-order valence-corrected chi connectivity index (χ4v) is 2.86. The van der Waals surface area contributed by atoms with Gasteiger partial charge in [0.1, 0.15) is 0 Å². The Bertz CT molecular complexity index is 783. The first-order valence-electron chi connectivity index (χ1n) is 7.86. The zero-order valence-corrected chi connectivity index (χ0v) is 13.5. The van der Waals surface area contributed by atoms with Crippen molar-refractivity contribution in [3.05, 3.63) is 90.0 Å². The van der Waals surface area contributed by atoms with Crippen molar-refractivity contribution in [2.75, 3.05) is 5.06 Å². The van der Waals surface area contributed by atoms with E-state index in [0.717, 1.165) is 22.4 Å². The van der Waals surface area contributed by atoms with Gasteiger partial charge in [-0.25, -0.2) is 5.06 Å². The van der Waals surface area contributed by atoms with Gasteiger partial charge in [0.15, 0.2) is 0 Å². The molecule has 3 rings (SSSR count). The lowest BCUT2D eigenvalue weighted by Gasteiger charge is -2.27. The molecule has 0 aliphatic heterocycles. The largest absolute Gasteiger partial charge is 0.288 e. The van der Waals surface area contributed by atoms with Gasteiger partial charge in [-0.2, -0.15) is 0 Å². The molecule has 0 saturated carbocycles. The van der Waals surface area contributed by atoms with Gasteiger partial charge < -0.3 is 0 Å². The molecule has 23 heavy (non-hydrogen) atoms. The Morgan fingerprint density at radius 2 is 1.30 bits per heavy atom. The molecule has 116 valence electrons. The van der Waals surface area contributed by atoms with Gasteiger partial charge in [0.2, 0.25) is 0 Å². The number of aryl methyl sites for hydroxylation is 1. The molecule has 0 amide bonds. The van der Waals surface area contributed by atoms with Crippen LogP contribution in [0.4, 0.5) is 5.69 Å². The minimum Gasteiger partial charge on any atom is -0.288 e. The van der Waals surface area contributed by atoms with Crippen LogP contribution in [0.3, 0.4) is 0 Å². The maximum Gasteiger partial charge on any atom is 0.0784 e. The molecule has 0 aromatic heterocycles. The average Bonchev–Trinajstić information content (AvgIpc) is 2.62. The summed E-state index contributed by atoms with van der Waals surface area (Å²) in [6.07, 6.45) is 0. The Labute approximate surface area is 137 Å². The van der Waals surface area contributed by atoms with Crippen LogP contribution in [0, 0.1) is 6.92 Å². The van der Waals surface area contributed by atoms with E-state index in [-0.39, 0.29) is 6.04 Å². The highest BCUT2D eigenvalue weighted by atomic mass is 16.5. The molecule has 0 aliphatic rings. The molecule has 0 heterocycles. The third-order valence-corrected chi connectivity index (χ3v) is 4.23. The molecule has 3 aromatic carbocycles. The van der Waals surface area contributed by atoms with Crippen molar-refractivity contribution in [2.24, 2.45) is 0 Å². The second kappa shape index (κ2) is 6.67. The Balaban J connectivity index is 2.02. The molecule has 2 nitrogen and oxygen atoms in total. The summed E-state index contributed by atoms with van der Waals surface area (Å²) in [5, 5.41) is 12.2. The van der Waals surface area contributed by atoms with E-state index in [4.69, 9.17) is 0 Å². The summed E-state index contributed by atoms with van der Waals surface area (Å²) >= 11 is 0. The van der Waals surface area contributed by atoms with Crippen molar-refractivity contribution in [3.63, 3.8) is 0 Å². The van der Waals surface area contributed by atoms with Gasteiger partial charge in [-0.05, 0) is 36.6 Å². The predicted molar refractivity (Wildman–Crippen MR) is 95.7 cm³/mol. The van der Waals surface area contributed by atoms with Gasteiger partial charge >= 0.3 is 0 Å².